The smallest absolute Gasteiger partial charge is 0.295 e. The lowest BCUT2D eigenvalue weighted by Gasteiger charge is -2.27. The highest BCUT2D eigenvalue weighted by atomic mass is 16.6. The number of amides is 1. The van der Waals surface area contributed by atoms with Gasteiger partial charge in [0.25, 0.3) is 11.7 Å². The van der Waals surface area contributed by atoms with E-state index in [-0.39, 0.29) is 11.3 Å². The van der Waals surface area contributed by atoms with Crippen molar-refractivity contribution in [2.24, 2.45) is 0 Å². The van der Waals surface area contributed by atoms with Gasteiger partial charge in [0.15, 0.2) is 11.5 Å². The minimum Gasteiger partial charge on any atom is -0.507 e. The molecule has 3 aromatic carbocycles. The van der Waals surface area contributed by atoms with Crippen molar-refractivity contribution in [3.63, 3.8) is 0 Å². The Balaban J connectivity index is 1.46. The number of benzene rings is 3. The van der Waals surface area contributed by atoms with Crippen LogP contribution in [0.15, 0.2) is 78.4 Å². The minimum atomic E-state index is -0.733. The van der Waals surface area contributed by atoms with Gasteiger partial charge in [-0.25, -0.2) is 0 Å². The number of hydrogen-bond acceptors (Lipinski definition) is 7. The predicted octanol–water partition coefficient (Wildman–Crippen LogP) is 5.19. The molecular weight excluding hydrogens is 520 g/mol. The number of ketones is 1. The fraction of sp³-hybridized carbons (Fsp3) is 0.333. The van der Waals surface area contributed by atoms with Crippen LogP contribution in [0.2, 0.25) is 0 Å². The van der Waals surface area contributed by atoms with E-state index in [4.69, 9.17) is 14.2 Å². The number of Topliss-reactive ketones (excluding diaryl/α,β-unsaturated/α-hetero) is 1. The lowest BCUT2D eigenvalue weighted by molar-refractivity contribution is -0.140. The van der Waals surface area contributed by atoms with E-state index >= 15 is 0 Å². The van der Waals surface area contributed by atoms with Crippen molar-refractivity contribution in [1.29, 1.82) is 0 Å². The van der Waals surface area contributed by atoms with Crippen molar-refractivity contribution in [3.8, 4) is 17.2 Å². The van der Waals surface area contributed by atoms with Gasteiger partial charge in [-0.05, 0) is 67.5 Å². The van der Waals surface area contributed by atoms with E-state index in [0.717, 1.165) is 30.8 Å². The zero-order chi connectivity index (χ0) is 28.8. The fourth-order valence-corrected chi connectivity index (χ4v) is 5.30. The molecule has 0 spiro atoms. The largest absolute Gasteiger partial charge is 0.507 e. The van der Waals surface area contributed by atoms with Gasteiger partial charge in [0.05, 0.1) is 11.6 Å². The third kappa shape index (κ3) is 6.23. The van der Waals surface area contributed by atoms with Crippen molar-refractivity contribution in [3.05, 3.63) is 95.1 Å². The molecule has 0 radical (unpaired) electrons. The van der Waals surface area contributed by atoms with Gasteiger partial charge >= 0.3 is 0 Å². The van der Waals surface area contributed by atoms with E-state index in [1.54, 1.807) is 23.1 Å². The van der Waals surface area contributed by atoms with Gasteiger partial charge in [-0.1, -0.05) is 56.3 Å². The van der Waals surface area contributed by atoms with E-state index in [9.17, 15) is 14.7 Å². The molecular formula is C33H36N2O6. The Bertz CT molecular complexity index is 1400. The molecule has 8 heteroatoms. The molecule has 0 aliphatic carbocycles. The molecule has 1 N–H and O–H groups in total. The minimum absolute atomic E-state index is 0.0625. The zero-order valence-electron chi connectivity index (χ0n) is 23.5. The summed E-state index contributed by atoms with van der Waals surface area (Å²) in [5.41, 5.74) is 2.23. The summed E-state index contributed by atoms with van der Waals surface area (Å²) in [6.07, 6.45) is 0.702. The number of aliphatic hydroxyl groups excluding tert-OH is 1. The highest BCUT2D eigenvalue weighted by Crippen LogP contribution is 2.41. The summed E-state index contributed by atoms with van der Waals surface area (Å²) in [7, 11) is 0. The van der Waals surface area contributed by atoms with Gasteiger partial charge in [-0.3, -0.25) is 9.59 Å². The maximum Gasteiger partial charge on any atom is 0.295 e. The number of aliphatic hydroxyl groups is 1. The molecule has 2 aliphatic heterocycles. The summed E-state index contributed by atoms with van der Waals surface area (Å²) in [5.74, 6) is 0.189. The summed E-state index contributed by atoms with van der Waals surface area (Å²) >= 11 is 0. The summed E-state index contributed by atoms with van der Waals surface area (Å²) in [6, 6.07) is 21.6. The molecule has 0 unspecified atom stereocenters. The third-order valence-electron chi connectivity index (χ3n) is 7.57. The number of likely N-dealkylation sites (tertiary alicyclic amines) is 1. The van der Waals surface area contributed by atoms with E-state index in [0.29, 0.717) is 55.6 Å². The first-order valence-electron chi connectivity index (χ1n) is 14.2. The number of carbonyl (C=O) groups excluding carboxylic acids is 2. The standard InChI is InChI=1S/C33H36N2O6/c1-3-34(4-2)17-8-18-35-30(24-11-14-26(15-12-24)41-22-23-9-6-5-7-10-23)29(32(37)33(35)38)31(36)25-13-16-27-28(21-25)40-20-19-39-27/h5-7,9-16,21,30,36H,3-4,8,17-20,22H2,1-2H3/t30-/m0/s1. The quantitative estimate of drug-likeness (QED) is 0.198. The van der Waals surface area contributed by atoms with Gasteiger partial charge in [0, 0.05) is 12.1 Å². The second-order valence-corrected chi connectivity index (χ2v) is 10.1. The van der Waals surface area contributed by atoms with Crippen LogP contribution in [0.25, 0.3) is 5.76 Å². The van der Waals surface area contributed by atoms with Crippen LogP contribution in [0, 0.1) is 0 Å². The van der Waals surface area contributed by atoms with Crippen molar-refractivity contribution < 1.29 is 28.9 Å². The lowest BCUT2D eigenvalue weighted by atomic mass is 9.95. The van der Waals surface area contributed by atoms with Gasteiger partial charge in [-0.2, -0.15) is 0 Å². The van der Waals surface area contributed by atoms with Crippen LogP contribution in [0.3, 0.4) is 0 Å². The lowest BCUT2D eigenvalue weighted by Crippen LogP contribution is -2.33. The van der Waals surface area contributed by atoms with Crippen molar-refractivity contribution in [2.45, 2.75) is 32.9 Å². The van der Waals surface area contributed by atoms with E-state index in [1.807, 2.05) is 54.6 Å². The normalized spacial score (nSPS) is 17.7. The Kier molecular flexibility index (Phi) is 8.89. The van der Waals surface area contributed by atoms with E-state index in [1.165, 1.54) is 0 Å². The Hall–Kier alpha value is -4.30. The Morgan fingerprint density at radius 3 is 2.37 bits per heavy atom. The van der Waals surface area contributed by atoms with Crippen LogP contribution < -0.4 is 14.2 Å². The molecule has 1 fully saturated rings. The topological polar surface area (TPSA) is 88.5 Å². The first kappa shape index (κ1) is 28.2. The van der Waals surface area contributed by atoms with Crippen molar-refractivity contribution >= 4 is 17.4 Å². The first-order chi connectivity index (χ1) is 20.0. The maximum absolute atomic E-state index is 13.4. The fourth-order valence-electron chi connectivity index (χ4n) is 5.30. The maximum atomic E-state index is 13.4. The van der Waals surface area contributed by atoms with Crippen LogP contribution in [-0.4, -0.2) is 66.0 Å². The van der Waals surface area contributed by atoms with Gasteiger partial charge < -0.3 is 29.1 Å². The van der Waals surface area contributed by atoms with E-state index in [2.05, 4.69) is 18.7 Å². The molecule has 2 aliphatic rings. The Morgan fingerprint density at radius 1 is 0.951 bits per heavy atom. The summed E-state index contributed by atoms with van der Waals surface area (Å²) in [6.45, 7) is 8.48. The average Bonchev–Trinajstić information content (AvgIpc) is 3.27. The number of fused-ring (bicyclic) bond motifs is 1. The number of rotatable bonds is 11. The Labute approximate surface area is 240 Å². The average molecular weight is 557 g/mol. The van der Waals surface area contributed by atoms with Crippen molar-refractivity contribution in [2.75, 3.05) is 39.4 Å². The molecule has 5 rings (SSSR count). The third-order valence-corrected chi connectivity index (χ3v) is 7.57. The molecule has 0 bridgehead atoms. The molecule has 1 atom stereocenters. The number of nitrogens with zero attached hydrogens (tertiary/aromatic N) is 2. The van der Waals surface area contributed by atoms with Crippen LogP contribution in [-0.2, 0) is 16.2 Å². The first-order valence-corrected chi connectivity index (χ1v) is 14.2. The molecule has 0 saturated carbocycles. The number of carbonyl (C=O) groups is 2. The summed E-state index contributed by atoms with van der Waals surface area (Å²) in [5, 5.41) is 11.5. The number of hydrogen-bond donors (Lipinski definition) is 1. The predicted molar refractivity (Wildman–Crippen MR) is 156 cm³/mol. The van der Waals surface area contributed by atoms with Gasteiger partial charge in [0.1, 0.15) is 31.3 Å². The monoisotopic (exact) mass is 556 g/mol. The van der Waals surface area contributed by atoms with Crippen LogP contribution in [0.5, 0.6) is 17.2 Å². The molecule has 214 valence electrons. The second-order valence-electron chi connectivity index (χ2n) is 10.1. The molecule has 3 aromatic rings. The second kappa shape index (κ2) is 12.9. The van der Waals surface area contributed by atoms with Crippen LogP contribution >= 0.6 is 0 Å². The summed E-state index contributed by atoms with van der Waals surface area (Å²) < 4.78 is 17.2. The SMILES string of the molecule is CCN(CC)CCCN1C(=O)C(=O)C(=C(O)c2ccc3c(c2)OCCO3)[C@@H]1c1ccc(OCc2ccccc2)cc1. The molecule has 0 aromatic heterocycles. The zero-order valence-corrected chi connectivity index (χ0v) is 23.5. The van der Waals surface area contributed by atoms with Gasteiger partial charge in [0.2, 0.25) is 0 Å². The highest BCUT2D eigenvalue weighted by molar-refractivity contribution is 6.46. The van der Waals surface area contributed by atoms with E-state index < -0.39 is 17.7 Å². The molecule has 1 saturated heterocycles. The molecule has 41 heavy (non-hydrogen) atoms. The molecule has 8 nitrogen and oxygen atoms in total. The highest BCUT2D eigenvalue weighted by Gasteiger charge is 2.46. The molecule has 1 amide bonds. The van der Waals surface area contributed by atoms with Crippen LogP contribution in [0.1, 0.15) is 43.0 Å². The number of ether oxygens (including phenoxy) is 3. The van der Waals surface area contributed by atoms with Crippen LogP contribution in [0.4, 0.5) is 0 Å². The summed E-state index contributed by atoms with van der Waals surface area (Å²) in [4.78, 5) is 30.7. The van der Waals surface area contributed by atoms with Crippen molar-refractivity contribution in [1.82, 2.24) is 9.80 Å². The molecule has 2 heterocycles. The van der Waals surface area contributed by atoms with Gasteiger partial charge in [-0.15, -0.1) is 0 Å². The Morgan fingerprint density at radius 2 is 1.66 bits per heavy atom.